The highest BCUT2D eigenvalue weighted by molar-refractivity contribution is 7.09. The average Bonchev–Trinajstić information content (AvgIpc) is 2.88. The van der Waals surface area contributed by atoms with Crippen LogP contribution in [0.25, 0.3) is 0 Å². The van der Waals surface area contributed by atoms with Crippen molar-refractivity contribution in [1.29, 1.82) is 0 Å². The van der Waals surface area contributed by atoms with Crippen LogP contribution in [-0.4, -0.2) is 34.4 Å². The van der Waals surface area contributed by atoms with Gasteiger partial charge in [-0.25, -0.2) is 4.98 Å². The third-order valence-electron chi connectivity index (χ3n) is 2.64. The first-order valence-electron chi connectivity index (χ1n) is 5.99. The Hall–Kier alpha value is -1.21. The molecule has 21 heavy (non-hydrogen) atoms. The lowest BCUT2D eigenvalue weighted by Crippen LogP contribution is -2.26. The largest absolute Gasteiger partial charge is 0.336 e. The maximum absolute atomic E-state index is 12.2. The van der Waals surface area contributed by atoms with Crippen molar-refractivity contribution in [3.63, 3.8) is 0 Å². The molecule has 1 amide bonds. The summed E-state index contributed by atoms with van der Waals surface area (Å²) in [5, 5.41) is 2.69. The fourth-order valence-electron chi connectivity index (χ4n) is 1.68. The minimum atomic E-state index is -0.0728. The number of hydrogen-bond acceptors (Lipinski definition) is 5. The number of carbonyl (C=O) groups excluding carboxylic acids is 1. The summed E-state index contributed by atoms with van der Waals surface area (Å²) in [4.78, 5) is 22.1. The summed E-state index contributed by atoms with van der Waals surface area (Å²) in [7, 11) is 1.77. The molecule has 0 aromatic carbocycles. The highest BCUT2D eigenvalue weighted by atomic mass is 35.5. The van der Waals surface area contributed by atoms with Crippen molar-refractivity contribution in [3.8, 4) is 0 Å². The van der Waals surface area contributed by atoms with Crippen LogP contribution in [-0.2, 0) is 13.0 Å². The zero-order valence-corrected chi connectivity index (χ0v) is 14.0. The first kappa shape index (κ1) is 19.8. The molecule has 0 radical (unpaired) electrons. The lowest BCUT2D eigenvalue weighted by atomic mass is 10.2. The number of nitrogens with zero attached hydrogens (tertiary/aromatic N) is 3. The van der Waals surface area contributed by atoms with Gasteiger partial charge in [-0.3, -0.25) is 9.78 Å². The SMILES string of the molecule is CN(Cc1ccncc1)C(=O)c1csc(CCN)n1.Cl.Cl. The fourth-order valence-corrected chi connectivity index (χ4v) is 2.46. The Morgan fingerprint density at radius 2 is 2.00 bits per heavy atom. The van der Waals surface area contributed by atoms with E-state index in [1.807, 2.05) is 12.1 Å². The van der Waals surface area contributed by atoms with Gasteiger partial charge in [0.15, 0.2) is 0 Å². The summed E-state index contributed by atoms with van der Waals surface area (Å²) in [5.74, 6) is -0.0728. The second-order valence-electron chi connectivity index (χ2n) is 4.18. The molecule has 0 spiro atoms. The highest BCUT2D eigenvalue weighted by Crippen LogP contribution is 2.13. The average molecular weight is 349 g/mol. The maximum atomic E-state index is 12.2. The molecule has 0 aliphatic heterocycles. The number of rotatable bonds is 5. The van der Waals surface area contributed by atoms with Crippen molar-refractivity contribution in [1.82, 2.24) is 14.9 Å². The monoisotopic (exact) mass is 348 g/mol. The van der Waals surface area contributed by atoms with Crippen LogP contribution in [0.2, 0.25) is 0 Å². The number of pyridine rings is 1. The maximum Gasteiger partial charge on any atom is 0.273 e. The van der Waals surface area contributed by atoms with Crippen molar-refractivity contribution < 1.29 is 4.79 Å². The predicted octanol–water partition coefficient (Wildman–Crippen LogP) is 2.16. The number of aromatic nitrogens is 2. The Kier molecular flexibility index (Phi) is 9.12. The molecule has 0 unspecified atom stereocenters. The lowest BCUT2D eigenvalue weighted by Gasteiger charge is -2.15. The molecule has 0 fully saturated rings. The molecule has 5 nitrogen and oxygen atoms in total. The molecular formula is C13H18Cl2N4OS. The summed E-state index contributed by atoms with van der Waals surface area (Å²) in [6.45, 7) is 1.10. The Labute approximate surface area is 140 Å². The molecule has 2 heterocycles. The van der Waals surface area contributed by atoms with E-state index in [-0.39, 0.29) is 30.7 Å². The minimum Gasteiger partial charge on any atom is -0.336 e. The highest BCUT2D eigenvalue weighted by Gasteiger charge is 2.15. The van der Waals surface area contributed by atoms with Crippen molar-refractivity contribution in [2.75, 3.05) is 13.6 Å². The van der Waals surface area contributed by atoms with Gasteiger partial charge in [0.25, 0.3) is 5.91 Å². The van der Waals surface area contributed by atoms with Crippen LogP contribution in [0.15, 0.2) is 29.9 Å². The molecule has 8 heteroatoms. The van der Waals surface area contributed by atoms with E-state index in [1.54, 1.807) is 29.7 Å². The van der Waals surface area contributed by atoms with E-state index in [0.717, 1.165) is 10.6 Å². The molecular weight excluding hydrogens is 331 g/mol. The molecule has 0 saturated carbocycles. The Morgan fingerprint density at radius 1 is 1.33 bits per heavy atom. The Balaban J connectivity index is 0.00000200. The van der Waals surface area contributed by atoms with E-state index in [2.05, 4.69) is 9.97 Å². The molecule has 2 aromatic rings. The number of amides is 1. The quantitative estimate of drug-likeness (QED) is 0.898. The van der Waals surface area contributed by atoms with E-state index in [9.17, 15) is 4.79 Å². The van der Waals surface area contributed by atoms with Crippen LogP contribution in [0.3, 0.4) is 0 Å². The van der Waals surface area contributed by atoms with Gasteiger partial charge in [0, 0.05) is 37.8 Å². The van der Waals surface area contributed by atoms with E-state index < -0.39 is 0 Å². The number of thiazole rings is 1. The molecule has 2 rings (SSSR count). The van der Waals surface area contributed by atoms with Crippen LogP contribution in [0, 0.1) is 0 Å². The number of nitrogens with two attached hydrogens (primary N) is 1. The number of hydrogen-bond donors (Lipinski definition) is 1. The Bertz CT molecular complexity index is 550. The third kappa shape index (κ3) is 5.59. The van der Waals surface area contributed by atoms with Gasteiger partial charge in [-0.2, -0.15) is 0 Å². The van der Waals surface area contributed by atoms with Gasteiger partial charge in [-0.05, 0) is 24.2 Å². The van der Waals surface area contributed by atoms with E-state index in [1.165, 1.54) is 11.3 Å². The lowest BCUT2D eigenvalue weighted by molar-refractivity contribution is 0.0780. The van der Waals surface area contributed by atoms with Gasteiger partial charge in [-0.1, -0.05) is 0 Å². The molecule has 0 bridgehead atoms. The van der Waals surface area contributed by atoms with Crippen molar-refractivity contribution in [3.05, 3.63) is 46.2 Å². The van der Waals surface area contributed by atoms with Gasteiger partial charge in [-0.15, -0.1) is 36.2 Å². The summed E-state index contributed by atoms with van der Waals surface area (Å²) in [6.07, 6.45) is 4.15. The van der Waals surface area contributed by atoms with Gasteiger partial charge >= 0.3 is 0 Å². The van der Waals surface area contributed by atoms with Crippen molar-refractivity contribution in [2.24, 2.45) is 5.73 Å². The predicted molar refractivity (Wildman–Crippen MR) is 89.4 cm³/mol. The third-order valence-corrected chi connectivity index (χ3v) is 3.55. The second kappa shape index (κ2) is 9.68. The van der Waals surface area contributed by atoms with Crippen LogP contribution in [0.5, 0.6) is 0 Å². The van der Waals surface area contributed by atoms with E-state index in [4.69, 9.17) is 5.73 Å². The molecule has 2 N–H and O–H groups in total. The van der Waals surface area contributed by atoms with Crippen LogP contribution in [0.1, 0.15) is 21.1 Å². The molecule has 0 saturated heterocycles. The van der Waals surface area contributed by atoms with Crippen LogP contribution < -0.4 is 5.73 Å². The second-order valence-corrected chi connectivity index (χ2v) is 5.12. The summed E-state index contributed by atoms with van der Waals surface area (Å²) in [6, 6.07) is 3.79. The summed E-state index contributed by atoms with van der Waals surface area (Å²) in [5.41, 5.74) is 7.01. The van der Waals surface area contributed by atoms with Crippen molar-refractivity contribution >= 4 is 42.1 Å². The van der Waals surface area contributed by atoms with Crippen molar-refractivity contribution in [2.45, 2.75) is 13.0 Å². The van der Waals surface area contributed by atoms with Crippen LogP contribution >= 0.6 is 36.2 Å². The molecule has 0 atom stereocenters. The standard InChI is InChI=1S/C13H16N4OS.2ClH/c1-17(8-10-3-6-15-7-4-10)13(18)11-9-19-12(16-11)2-5-14;;/h3-4,6-7,9H,2,5,8,14H2,1H3;2*1H. The fraction of sp³-hybridized carbons (Fsp3) is 0.308. The zero-order valence-electron chi connectivity index (χ0n) is 11.6. The minimum absolute atomic E-state index is 0. The normalized spacial score (nSPS) is 9.43. The smallest absolute Gasteiger partial charge is 0.273 e. The van der Waals surface area contributed by atoms with Gasteiger partial charge in [0.2, 0.25) is 0 Å². The Morgan fingerprint density at radius 3 is 2.62 bits per heavy atom. The van der Waals surface area contributed by atoms with Crippen LogP contribution in [0.4, 0.5) is 0 Å². The summed E-state index contributed by atoms with van der Waals surface area (Å²) < 4.78 is 0. The molecule has 0 aliphatic carbocycles. The summed E-state index contributed by atoms with van der Waals surface area (Å²) >= 11 is 1.48. The van der Waals surface area contributed by atoms with Gasteiger partial charge < -0.3 is 10.6 Å². The molecule has 2 aromatic heterocycles. The van der Waals surface area contributed by atoms with Gasteiger partial charge in [0.05, 0.1) is 5.01 Å². The topological polar surface area (TPSA) is 72.1 Å². The van der Waals surface area contributed by atoms with E-state index >= 15 is 0 Å². The zero-order chi connectivity index (χ0) is 13.7. The molecule has 0 aliphatic rings. The molecule has 116 valence electrons. The first-order chi connectivity index (χ1) is 9.20. The van der Waals surface area contributed by atoms with Gasteiger partial charge in [0.1, 0.15) is 5.69 Å². The number of carbonyl (C=O) groups is 1. The van der Waals surface area contributed by atoms with E-state index in [0.29, 0.717) is 25.2 Å². The number of halogens is 2. The first-order valence-corrected chi connectivity index (χ1v) is 6.87.